The van der Waals surface area contributed by atoms with Crippen LogP contribution in [0.2, 0.25) is 0 Å². The van der Waals surface area contributed by atoms with Crippen LogP contribution in [-0.4, -0.2) is 27.0 Å². The standard InChI is InChI=1S/C18H23NO5S/c1-24-14-2-4-15(5-3-14)25(22,23)19-18-9-12-6-13(10-18)8-17(7-12,11-18)16(20)21/h2-5,12-13,19H,6-11H2,1H3,(H,20,21)/p-1/t12-,13+,17?,18?. The first-order valence-electron chi connectivity index (χ1n) is 8.65. The van der Waals surface area contributed by atoms with Gasteiger partial charge < -0.3 is 14.6 Å². The molecule has 1 aromatic rings. The number of ether oxygens (including phenoxy) is 1. The number of carboxylic acid groups (broad SMARTS) is 1. The maximum absolute atomic E-state index is 12.9. The monoisotopic (exact) mass is 364 g/mol. The van der Waals surface area contributed by atoms with Crippen molar-refractivity contribution in [2.75, 3.05) is 7.11 Å². The Kier molecular flexibility index (Phi) is 3.67. The van der Waals surface area contributed by atoms with Gasteiger partial charge in [0.1, 0.15) is 5.75 Å². The van der Waals surface area contributed by atoms with Crippen LogP contribution in [0.15, 0.2) is 29.2 Å². The maximum Gasteiger partial charge on any atom is 0.241 e. The maximum atomic E-state index is 12.9. The highest BCUT2D eigenvalue weighted by atomic mass is 32.2. The van der Waals surface area contributed by atoms with Crippen molar-refractivity contribution in [2.24, 2.45) is 17.3 Å². The van der Waals surface area contributed by atoms with E-state index in [4.69, 9.17) is 4.74 Å². The predicted molar refractivity (Wildman–Crippen MR) is 88.2 cm³/mol. The van der Waals surface area contributed by atoms with Crippen LogP contribution >= 0.6 is 0 Å². The molecule has 4 fully saturated rings. The molecule has 136 valence electrons. The SMILES string of the molecule is COc1ccc(S(=O)(=O)NC23C[C@H]4C[C@@H](C2)CC(C(=O)[O-])(C4)C3)cc1. The van der Waals surface area contributed by atoms with Gasteiger partial charge in [0.25, 0.3) is 0 Å². The van der Waals surface area contributed by atoms with Crippen molar-refractivity contribution in [3.8, 4) is 5.75 Å². The molecule has 5 rings (SSSR count). The van der Waals surface area contributed by atoms with Crippen LogP contribution < -0.4 is 14.6 Å². The molecular weight excluding hydrogens is 342 g/mol. The summed E-state index contributed by atoms with van der Waals surface area (Å²) in [6, 6.07) is 6.24. The smallest absolute Gasteiger partial charge is 0.241 e. The number of aliphatic carboxylic acids is 1. The molecule has 0 amide bonds. The molecule has 4 saturated carbocycles. The molecule has 2 unspecified atom stereocenters. The normalized spacial score (nSPS) is 36.4. The second-order valence-electron chi connectivity index (χ2n) is 8.09. The summed E-state index contributed by atoms with van der Waals surface area (Å²) < 4.78 is 33.7. The fourth-order valence-electron chi connectivity index (χ4n) is 5.72. The van der Waals surface area contributed by atoms with Crippen LogP contribution in [0, 0.1) is 17.3 Å². The number of methoxy groups -OCH3 is 1. The number of sulfonamides is 1. The van der Waals surface area contributed by atoms with E-state index in [0.717, 1.165) is 6.42 Å². The quantitative estimate of drug-likeness (QED) is 0.843. The van der Waals surface area contributed by atoms with E-state index in [1.54, 1.807) is 12.1 Å². The lowest BCUT2D eigenvalue weighted by atomic mass is 9.47. The minimum absolute atomic E-state index is 0.173. The summed E-state index contributed by atoms with van der Waals surface area (Å²) in [7, 11) is -2.19. The molecule has 4 bridgehead atoms. The van der Waals surface area contributed by atoms with Crippen LogP contribution in [0.25, 0.3) is 0 Å². The molecular formula is C18H22NO5S-. The predicted octanol–water partition coefficient (Wildman–Crippen LogP) is 1.06. The molecule has 1 N–H and O–H groups in total. The zero-order valence-electron chi connectivity index (χ0n) is 14.2. The van der Waals surface area contributed by atoms with Crippen LogP contribution in [0.5, 0.6) is 5.75 Å². The summed E-state index contributed by atoms with van der Waals surface area (Å²) in [6.45, 7) is 0. The molecule has 0 saturated heterocycles. The average molecular weight is 364 g/mol. The van der Waals surface area contributed by atoms with E-state index in [0.29, 0.717) is 37.9 Å². The third kappa shape index (κ3) is 2.73. The molecule has 1 aromatic carbocycles. The Balaban J connectivity index is 1.64. The van der Waals surface area contributed by atoms with E-state index in [1.165, 1.54) is 19.2 Å². The summed E-state index contributed by atoms with van der Waals surface area (Å²) in [4.78, 5) is 12.0. The number of carbonyl (C=O) groups is 1. The summed E-state index contributed by atoms with van der Waals surface area (Å²) in [5.41, 5.74) is -1.53. The van der Waals surface area contributed by atoms with Crippen LogP contribution in [-0.2, 0) is 14.8 Å². The van der Waals surface area contributed by atoms with Gasteiger partial charge in [-0.15, -0.1) is 0 Å². The van der Waals surface area contributed by atoms with Gasteiger partial charge in [0, 0.05) is 16.9 Å². The van der Waals surface area contributed by atoms with E-state index in [-0.39, 0.29) is 16.7 Å². The fourth-order valence-corrected chi connectivity index (χ4v) is 7.14. The second-order valence-corrected chi connectivity index (χ2v) is 9.77. The molecule has 25 heavy (non-hydrogen) atoms. The van der Waals surface area contributed by atoms with E-state index in [2.05, 4.69) is 4.72 Å². The number of benzene rings is 1. The Morgan fingerprint density at radius 3 is 2.28 bits per heavy atom. The molecule has 0 aliphatic heterocycles. The Labute approximate surface area is 147 Å². The van der Waals surface area contributed by atoms with Crippen molar-refractivity contribution in [2.45, 2.75) is 49.0 Å². The molecule has 0 heterocycles. The third-order valence-electron chi connectivity index (χ3n) is 6.21. The van der Waals surface area contributed by atoms with Crippen LogP contribution in [0.4, 0.5) is 0 Å². The molecule has 4 atom stereocenters. The first kappa shape index (κ1) is 16.8. The van der Waals surface area contributed by atoms with Gasteiger partial charge in [-0.05, 0) is 74.6 Å². The minimum Gasteiger partial charge on any atom is -0.550 e. The van der Waals surface area contributed by atoms with Crippen LogP contribution in [0.1, 0.15) is 38.5 Å². The molecule has 4 aliphatic rings. The van der Waals surface area contributed by atoms with E-state index < -0.39 is 26.9 Å². The average Bonchev–Trinajstić information content (AvgIpc) is 2.52. The highest BCUT2D eigenvalue weighted by Crippen LogP contribution is 2.61. The topological polar surface area (TPSA) is 95.5 Å². The summed E-state index contributed by atoms with van der Waals surface area (Å²) in [5.74, 6) is 0.0923. The zero-order valence-corrected chi connectivity index (χ0v) is 15.0. The number of carbonyl (C=O) groups excluding carboxylic acids is 1. The van der Waals surface area contributed by atoms with Gasteiger partial charge in [0.05, 0.1) is 12.0 Å². The number of hydrogen-bond donors (Lipinski definition) is 1. The van der Waals surface area contributed by atoms with E-state index in [9.17, 15) is 18.3 Å². The third-order valence-corrected chi connectivity index (χ3v) is 7.81. The van der Waals surface area contributed by atoms with Crippen molar-refractivity contribution >= 4 is 16.0 Å². The van der Waals surface area contributed by atoms with E-state index in [1.807, 2.05) is 0 Å². The number of carboxylic acids is 1. The first-order chi connectivity index (χ1) is 11.8. The summed E-state index contributed by atoms with van der Waals surface area (Å²) in [6.07, 6.45) is 4.02. The van der Waals surface area contributed by atoms with Crippen molar-refractivity contribution in [3.05, 3.63) is 24.3 Å². The Bertz CT molecular complexity index is 787. The van der Waals surface area contributed by atoms with Gasteiger partial charge in [-0.2, -0.15) is 0 Å². The van der Waals surface area contributed by atoms with E-state index >= 15 is 0 Å². The Hall–Kier alpha value is -1.60. The lowest BCUT2D eigenvalue weighted by Crippen LogP contribution is -2.66. The molecule has 7 heteroatoms. The van der Waals surface area contributed by atoms with Crippen molar-refractivity contribution in [1.82, 2.24) is 4.72 Å². The second kappa shape index (κ2) is 5.45. The summed E-state index contributed by atoms with van der Waals surface area (Å²) >= 11 is 0. The van der Waals surface area contributed by atoms with Gasteiger partial charge in [-0.3, -0.25) is 0 Å². The van der Waals surface area contributed by atoms with Gasteiger partial charge in [0.15, 0.2) is 0 Å². The highest BCUT2D eigenvalue weighted by Gasteiger charge is 2.59. The first-order valence-corrected chi connectivity index (χ1v) is 10.1. The van der Waals surface area contributed by atoms with Gasteiger partial charge in [0.2, 0.25) is 10.0 Å². The van der Waals surface area contributed by atoms with Gasteiger partial charge in [-0.1, -0.05) is 0 Å². The fraction of sp³-hybridized carbons (Fsp3) is 0.611. The van der Waals surface area contributed by atoms with Crippen molar-refractivity contribution in [3.63, 3.8) is 0 Å². The molecule has 4 aliphatic carbocycles. The molecule has 0 spiro atoms. The highest BCUT2D eigenvalue weighted by molar-refractivity contribution is 7.89. The number of rotatable bonds is 5. The number of nitrogens with one attached hydrogen (secondary N) is 1. The lowest BCUT2D eigenvalue weighted by Gasteiger charge is -2.62. The molecule has 0 radical (unpaired) electrons. The largest absolute Gasteiger partial charge is 0.550 e. The van der Waals surface area contributed by atoms with Crippen LogP contribution in [0.3, 0.4) is 0 Å². The Morgan fingerprint density at radius 1 is 1.16 bits per heavy atom. The Morgan fingerprint density at radius 2 is 1.76 bits per heavy atom. The minimum atomic E-state index is -3.72. The van der Waals surface area contributed by atoms with Crippen molar-refractivity contribution < 1.29 is 23.1 Å². The molecule has 6 nitrogen and oxygen atoms in total. The van der Waals surface area contributed by atoms with Gasteiger partial charge in [-0.25, -0.2) is 13.1 Å². The van der Waals surface area contributed by atoms with Crippen molar-refractivity contribution in [1.29, 1.82) is 0 Å². The van der Waals surface area contributed by atoms with Gasteiger partial charge >= 0.3 is 0 Å². The lowest BCUT2D eigenvalue weighted by molar-refractivity contribution is -0.327. The summed E-state index contributed by atoms with van der Waals surface area (Å²) in [5, 5.41) is 11.8. The zero-order chi connectivity index (χ0) is 17.9. The number of hydrogen-bond acceptors (Lipinski definition) is 5. The molecule has 0 aromatic heterocycles.